The van der Waals surface area contributed by atoms with Gasteiger partial charge in [-0.2, -0.15) is 11.8 Å². The Kier molecular flexibility index (Phi) is 11.3. The lowest BCUT2D eigenvalue weighted by Crippen LogP contribution is -2.68. The highest BCUT2D eigenvalue weighted by Crippen LogP contribution is 2.47. The molecule has 42 heavy (non-hydrogen) atoms. The minimum atomic E-state index is -1.65. The normalized spacial score (nSPS) is 21.0. The van der Waals surface area contributed by atoms with Crippen LogP contribution < -0.4 is 0 Å². The van der Waals surface area contributed by atoms with Gasteiger partial charge in [0.15, 0.2) is 0 Å². The molecule has 2 rings (SSSR count). The van der Waals surface area contributed by atoms with Gasteiger partial charge in [-0.1, -0.05) is 36.4 Å². The number of rotatable bonds is 8. The minimum Gasteiger partial charge on any atom is -0.458 e. The molecule has 0 unspecified atom stereocenters. The molecule has 0 N–H and O–H groups in total. The maximum absolute atomic E-state index is 14.1. The third kappa shape index (κ3) is 9.24. The van der Waals surface area contributed by atoms with Gasteiger partial charge in [0.2, 0.25) is 5.91 Å². The van der Waals surface area contributed by atoms with E-state index in [1.165, 1.54) is 11.8 Å². The molecule has 9 nitrogen and oxygen atoms in total. The molecule has 0 saturated carbocycles. The Hall–Kier alpha value is -3.01. The molecule has 1 aliphatic heterocycles. The van der Waals surface area contributed by atoms with Crippen molar-refractivity contribution in [2.24, 2.45) is 5.92 Å². The monoisotopic (exact) mass is 604 g/mol. The highest BCUT2D eigenvalue weighted by molar-refractivity contribution is 7.98. The summed E-state index contributed by atoms with van der Waals surface area (Å²) in [4.78, 5) is 57.2. The molecule has 0 aromatic heterocycles. The van der Waals surface area contributed by atoms with Crippen LogP contribution in [0, 0.1) is 5.92 Å². The summed E-state index contributed by atoms with van der Waals surface area (Å²) in [7, 11) is 0. The minimum absolute atomic E-state index is 0.0770. The van der Waals surface area contributed by atoms with Crippen LogP contribution >= 0.6 is 11.8 Å². The summed E-state index contributed by atoms with van der Waals surface area (Å²) in [6, 6.07) is 8.73. The summed E-state index contributed by atoms with van der Waals surface area (Å²) in [5, 5.41) is 0. The average molecular weight is 605 g/mol. The van der Waals surface area contributed by atoms with Gasteiger partial charge in [-0.05, 0) is 86.5 Å². The maximum atomic E-state index is 14.1. The molecule has 10 heteroatoms. The molecule has 1 saturated heterocycles. The summed E-state index contributed by atoms with van der Waals surface area (Å²) in [6.07, 6.45) is 0.0367. The van der Waals surface area contributed by atoms with E-state index in [0.29, 0.717) is 11.5 Å². The number of nitrogens with zero attached hydrogens (tertiary/aromatic N) is 2. The number of amides is 3. The molecule has 1 fully saturated rings. The summed E-state index contributed by atoms with van der Waals surface area (Å²) in [6.45, 7) is 20.7. The van der Waals surface area contributed by atoms with Gasteiger partial charge in [0, 0.05) is 18.6 Å². The van der Waals surface area contributed by atoms with Gasteiger partial charge >= 0.3 is 18.2 Å². The molecule has 0 bridgehead atoms. The van der Waals surface area contributed by atoms with Gasteiger partial charge in [-0.15, -0.1) is 6.58 Å². The highest BCUT2D eigenvalue weighted by atomic mass is 32.2. The number of thioether (sulfide) groups is 1. The van der Waals surface area contributed by atoms with Crippen LogP contribution in [0.25, 0.3) is 0 Å². The molecular formula is C32H48N2O7S. The van der Waals surface area contributed by atoms with E-state index in [2.05, 4.69) is 6.58 Å². The number of imide groups is 1. The summed E-state index contributed by atoms with van der Waals surface area (Å²) < 4.78 is 17.3. The van der Waals surface area contributed by atoms with E-state index in [4.69, 9.17) is 14.2 Å². The van der Waals surface area contributed by atoms with Gasteiger partial charge in [0.1, 0.15) is 28.5 Å². The summed E-state index contributed by atoms with van der Waals surface area (Å²) >= 11 is 1.59. The quantitative estimate of drug-likeness (QED) is 0.136. The Labute approximate surface area is 255 Å². The van der Waals surface area contributed by atoms with Crippen LogP contribution in [0.1, 0.15) is 87.6 Å². The predicted octanol–water partition coefficient (Wildman–Crippen LogP) is 6.94. The lowest BCUT2D eigenvalue weighted by molar-refractivity contribution is -0.166. The Bertz CT molecular complexity index is 1130. The van der Waals surface area contributed by atoms with E-state index < -0.39 is 58.5 Å². The molecule has 1 aromatic rings. The zero-order chi connectivity index (χ0) is 32.1. The van der Waals surface area contributed by atoms with Gasteiger partial charge in [-0.3, -0.25) is 9.69 Å². The van der Waals surface area contributed by atoms with Crippen molar-refractivity contribution < 1.29 is 33.4 Å². The predicted molar refractivity (Wildman–Crippen MR) is 165 cm³/mol. The molecule has 0 radical (unpaired) electrons. The molecule has 0 aliphatic carbocycles. The van der Waals surface area contributed by atoms with Crippen molar-refractivity contribution in [2.75, 3.05) is 5.75 Å². The average Bonchev–Trinajstić information content (AvgIpc) is 3.14. The standard InChI is InChI=1S/C32H48N2O7S/c1-12-24-20-25(26(36)39-29(3,4)5)34(28(38)41-31(9,10)11)32(24,18-19-42-21-23-16-14-13-15-17-23)33(22(2)35)27(37)40-30(6,7)8/h12-17,24-25H,1,18-21H2,2-11H3/t24-,25-,32+/m1/s1. The molecule has 3 atom stereocenters. The van der Waals surface area contributed by atoms with Crippen LogP contribution in [-0.2, 0) is 29.6 Å². The second-order valence-electron chi connectivity index (χ2n) is 13.5. The van der Waals surface area contributed by atoms with Crippen LogP contribution in [0.15, 0.2) is 43.0 Å². The van der Waals surface area contributed by atoms with E-state index in [1.807, 2.05) is 30.3 Å². The number of likely N-dealkylation sites (tertiary alicyclic amines) is 1. The van der Waals surface area contributed by atoms with E-state index in [1.54, 1.807) is 80.2 Å². The molecule has 3 amide bonds. The van der Waals surface area contributed by atoms with Crippen molar-refractivity contribution in [3.05, 3.63) is 48.6 Å². The zero-order valence-electron chi connectivity index (χ0n) is 26.8. The van der Waals surface area contributed by atoms with Crippen molar-refractivity contribution in [3.8, 4) is 0 Å². The van der Waals surface area contributed by atoms with Crippen molar-refractivity contribution in [2.45, 2.75) is 116 Å². The lowest BCUT2D eigenvalue weighted by atomic mass is 9.88. The lowest BCUT2D eigenvalue weighted by Gasteiger charge is -2.48. The number of hydrogen-bond acceptors (Lipinski definition) is 8. The number of ether oxygens (including phenoxy) is 3. The van der Waals surface area contributed by atoms with E-state index >= 15 is 0 Å². The van der Waals surface area contributed by atoms with Crippen LogP contribution in [0.4, 0.5) is 9.59 Å². The molecule has 1 heterocycles. The van der Waals surface area contributed by atoms with Gasteiger partial charge in [0.25, 0.3) is 0 Å². The first kappa shape index (κ1) is 35.2. The van der Waals surface area contributed by atoms with Crippen molar-refractivity contribution in [1.82, 2.24) is 9.80 Å². The van der Waals surface area contributed by atoms with Crippen molar-refractivity contribution in [1.29, 1.82) is 0 Å². The second-order valence-corrected chi connectivity index (χ2v) is 14.6. The van der Waals surface area contributed by atoms with Crippen molar-refractivity contribution >= 4 is 35.8 Å². The van der Waals surface area contributed by atoms with Gasteiger partial charge in [0.05, 0.1) is 0 Å². The van der Waals surface area contributed by atoms with Crippen molar-refractivity contribution in [3.63, 3.8) is 0 Å². The van der Waals surface area contributed by atoms with E-state index in [-0.39, 0.29) is 12.8 Å². The Morgan fingerprint density at radius 3 is 1.98 bits per heavy atom. The van der Waals surface area contributed by atoms with Crippen LogP contribution in [-0.4, -0.2) is 68.1 Å². The topological polar surface area (TPSA) is 102 Å². The van der Waals surface area contributed by atoms with Gasteiger partial charge < -0.3 is 14.2 Å². The molecular weight excluding hydrogens is 556 g/mol. The fourth-order valence-electron chi connectivity index (χ4n) is 4.98. The fourth-order valence-corrected chi connectivity index (χ4v) is 6.00. The second kappa shape index (κ2) is 13.5. The third-order valence-corrected chi connectivity index (χ3v) is 7.39. The first-order valence-electron chi connectivity index (χ1n) is 14.2. The number of carbonyl (C=O) groups is 4. The summed E-state index contributed by atoms with van der Waals surface area (Å²) in [5.74, 6) is -0.874. The maximum Gasteiger partial charge on any atom is 0.419 e. The van der Waals surface area contributed by atoms with Gasteiger partial charge in [-0.25, -0.2) is 19.3 Å². The SMILES string of the molecule is C=C[C@@H]1C[C@H](C(=O)OC(C)(C)C)N(C(=O)OC(C)(C)C)[C@]1(CCSCc1ccccc1)N(C(C)=O)C(=O)OC(C)(C)C. The number of esters is 1. The van der Waals surface area contributed by atoms with E-state index in [9.17, 15) is 19.2 Å². The van der Waals surface area contributed by atoms with E-state index in [0.717, 1.165) is 10.5 Å². The first-order valence-corrected chi connectivity index (χ1v) is 15.4. The summed E-state index contributed by atoms with van der Waals surface area (Å²) in [5.41, 5.74) is -3.25. The molecule has 1 aromatic carbocycles. The van der Waals surface area contributed by atoms with Crippen LogP contribution in [0.5, 0.6) is 0 Å². The molecule has 1 aliphatic rings. The number of hydrogen-bond donors (Lipinski definition) is 0. The molecule has 0 spiro atoms. The van der Waals surface area contributed by atoms with Crippen LogP contribution in [0.3, 0.4) is 0 Å². The smallest absolute Gasteiger partial charge is 0.419 e. The Morgan fingerprint density at radius 2 is 1.50 bits per heavy atom. The first-order chi connectivity index (χ1) is 19.2. The Morgan fingerprint density at radius 1 is 0.952 bits per heavy atom. The Balaban J connectivity index is 2.74. The third-order valence-electron chi connectivity index (χ3n) is 6.36. The molecule has 234 valence electrons. The largest absolute Gasteiger partial charge is 0.458 e. The zero-order valence-corrected chi connectivity index (χ0v) is 27.6. The van der Waals surface area contributed by atoms with Crippen LogP contribution in [0.2, 0.25) is 0 Å². The number of benzene rings is 1. The number of carbonyl (C=O) groups excluding carboxylic acids is 4. The fraction of sp³-hybridized carbons (Fsp3) is 0.625. The highest BCUT2D eigenvalue weighted by Gasteiger charge is 2.63.